The monoisotopic (exact) mass is 526 g/mol. The van der Waals surface area contributed by atoms with Crippen LogP contribution in [0.5, 0.6) is 0 Å². The Morgan fingerprint density at radius 3 is 2.19 bits per heavy atom. The minimum Gasteiger partial charge on any atom is -0.356 e. The summed E-state index contributed by atoms with van der Waals surface area (Å²) in [5.74, 6) is 3.19. The molecule has 1 aromatic carbocycles. The molecule has 2 aliphatic heterocycles. The van der Waals surface area contributed by atoms with Crippen molar-refractivity contribution in [2.75, 3.05) is 37.6 Å². The van der Waals surface area contributed by atoms with E-state index in [-0.39, 0.29) is 23.7 Å². The van der Waals surface area contributed by atoms with Gasteiger partial charge in [-0.15, -0.1) is 0 Å². The number of piperazine rings is 1. The van der Waals surface area contributed by atoms with Gasteiger partial charge in [-0.1, -0.05) is 31.4 Å². The molecular weight excluding hydrogens is 488 g/mol. The van der Waals surface area contributed by atoms with Crippen LogP contribution in [-0.4, -0.2) is 75.3 Å². The van der Waals surface area contributed by atoms with Gasteiger partial charge in [-0.3, -0.25) is 19.4 Å². The second-order valence-electron chi connectivity index (χ2n) is 11.5. The van der Waals surface area contributed by atoms with E-state index in [0.717, 1.165) is 31.9 Å². The number of hydrogen-bond donors (Lipinski definition) is 2. The summed E-state index contributed by atoms with van der Waals surface area (Å²) >= 11 is 1.51. The second kappa shape index (κ2) is 10.6. The smallest absolute Gasteiger partial charge is 0.233 e. The average Bonchev–Trinajstić information content (AvgIpc) is 3.70. The van der Waals surface area contributed by atoms with E-state index in [1.807, 2.05) is 12.1 Å². The van der Waals surface area contributed by atoms with Crippen LogP contribution in [0.25, 0.3) is 10.1 Å². The van der Waals surface area contributed by atoms with Crippen LogP contribution in [0.2, 0.25) is 0 Å². The quantitative estimate of drug-likeness (QED) is 0.466. The van der Waals surface area contributed by atoms with Crippen molar-refractivity contribution in [2.45, 2.75) is 57.8 Å². The topological polar surface area (TPSA) is 97.2 Å². The zero-order valence-corrected chi connectivity index (χ0v) is 22.2. The van der Waals surface area contributed by atoms with Crippen molar-refractivity contribution in [1.29, 1.82) is 0 Å². The van der Waals surface area contributed by atoms with E-state index in [2.05, 4.69) is 21.4 Å². The first-order valence-corrected chi connectivity index (χ1v) is 14.8. The van der Waals surface area contributed by atoms with Crippen molar-refractivity contribution in [3.63, 3.8) is 0 Å². The number of carbonyl (C=O) groups is 2. The molecule has 200 valence electrons. The largest absolute Gasteiger partial charge is 0.356 e. The molecule has 5 fully saturated rings. The van der Waals surface area contributed by atoms with Crippen LogP contribution in [0.4, 0.5) is 5.82 Å². The Kier molecular flexibility index (Phi) is 7.22. The van der Waals surface area contributed by atoms with Gasteiger partial charge in [0.25, 0.3) is 0 Å². The number of carbonyl (C=O) groups excluding carboxylic acids is 2. The number of aromatic nitrogens is 1. The van der Waals surface area contributed by atoms with Gasteiger partial charge in [0.05, 0.1) is 16.5 Å². The van der Waals surface area contributed by atoms with Crippen LogP contribution in [0.1, 0.15) is 51.4 Å². The van der Waals surface area contributed by atoms with Crippen molar-refractivity contribution in [3.05, 3.63) is 24.3 Å². The average molecular weight is 527 g/mol. The van der Waals surface area contributed by atoms with Gasteiger partial charge in [0.15, 0.2) is 0 Å². The summed E-state index contributed by atoms with van der Waals surface area (Å²) in [6, 6.07) is 8.20. The molecule has 2 saturated heterocycles. The molecule has 4 atom stereocenters. The summed E-state index contributed by atoms with van der Waals surface area (Å²) in [6.07, 6.45) is 8.46. The first-order chi connectivity index (χ1) is 18.0. The number of amides is 2. The lowest BCUT2D eigenvalue weighted by Crippen LogP contribution is -2.50. The Bertz CT molecular complexity index is 1100. The lowest BCUT2D eigenvalue weighted by atomic mass is 9.81. The standard InChI is InChI=1S/C16H23NO2.C12H15N3O2S/c18-15-13-11-6-7-12(8-11)14(13)16(19)17(15)9-10-4-2-1-3-5-10;16-12(17)15-7-5-14(6-8-15)11-9-3-1-2-4-10(9)18-13-11/h10-14H,1-9H2;1-4,12,16-17H,5-8H2. The zero-order chi connectivity index (χ0) is 25.5. The highest BCUT2D eigenvalue weighted by atomic mass is 32.1. The Morgan fingerprint density at radius 1 is 0.892 bits per heavy atom. The Balaban J connectivity index is 0.000000136. The molecule has 7 rings (SSSR count). The Labute approximate surface area is 222 Å². The number of hydrogen-bond acceptors (Lipinski definition) is 8. The van der Waals surface area contributed by atoms with Gasteiger partial charge in [0.1, 0.15) is 5.82 Å². The van der Waals surface area contributed by atoms with Crippen LogP contribution in [0, 0.1) is 29.6 Å². The highest BCUT2D eigenvalue weighted by Gasteiger charge is 2.60. The van der Waals surface area contributed by atoms with E-state index in [0.29, 0.717) is 30.8 Å². The number of fused-ring (bicyclic) bond motifs is 6. The van der Waals surface area contributed by atoms with Gasteiger partial charge in [-0.25, -0.2) is 0 Å². The summed E-state index contributed by atoms with van der Waals surface area (Å²) in [5, 5.41) is 19.4. The number of aliphatic hydroxyl groups excluding tert-OH is 1. The van der Waals surface area contributed by atoms with Crippen LogP contribution in [0.15, 0.2) is 24.3 Å². The molecule has 0 spiro atoms. The van der Waals surface area contributed by atoms with Gasteiger partial charge in [-0.05, 0) is 73.5 Å². The van der Waals surface area contributed by atoms with Gasteiger partial charge < -0.3 is 15.1 Å². The first kappa shape index (κ1) is 25.2. The number of rotatable bonds is 4. The summed E-state index contributed by atoms with van der Waals surface area (Å²) < 4.78 is 5.70. The molecule has 5 aliphatic rings. The van der Waals surface area contributed by atoms with Crippen LogP contribution in [0.3, 0.4) is 0 Å². The van der Waals surface area contributed by atoms with E-state index in [1.54, 1.807) is 9.80 Å². The summed E-state index contributed by atoms with van der Waals surface area (Å²) in [4.78, 5) is 30.6. The minimum absolute atomic E-state index is 0.0786. The molecule has 3 heterocycles. The molecule has 2 amide bonds. The summed E-state index contributed by atoms with van der Waals surface area (Å²) in [6.45, 7) is 3.55. The Hall–Kier alpha value is -2.07. The number of nitrogens with zero attached hydrogens (tertiary/aromatic N) is 4. The summed E-state index contributed by atoms with van der Waals surface area (Å²) in [7, 11) is 0. The third-order valence-corrected chi connectivity index (χ3v) is 10.3. The predicted octanol–water partition coefficient (Wildman–Crippen LogP) is 3.28. The normalized spacial score (nSPS) is 30.4. The minimum atomic E-state index is -1.35. The van der Waals surface area contributed by atoms with E-state index >= 15 is 0 Å². The van der Waals surface area contributed by atoms with Gasteiger partial charge in [0, 0.05) is 38.1 Å². The SMILES string of the molecule is O=C1C2C3CCC(C3)C2C(=O)N1CC1CCCCC1.OC(O)N1CCN(c2nsc3ccccc23)CC1. The Morgan fingerprint density at radius 2 is 1.54 bits per heavy atom. The molecule has 8 nitrogen and oxygen atoms in total. The van der Waals surface area contributed by atoms with Crippen molar-refractivity contribution in [3.8, 4) is 0 Å². The fourth-order valence-electron chi connectivity index (χ4n) is 7.54. The highest BCUT2D eigenvalue weighted by molar-refractivity contribution is 7.13. The third kappa shape index (κ3) is 4.80. The number of aliphatic hydroxyl groups is 2. The fraction of sp³-hybridized carbons (Fsp3) is 0.679. The maximum Gasteiger partial charge on any atom is 0.233 e. The van der Waals surface area contributed by atoms with Crippen LogP contribution >= 0.6 is 11.5 Å². The fourth-order valence-corrected chi connectivity index (χ4v) is 8.34. The molecule has 3 aliphatic carbocycles. The van der Waals surface area contributed by atoms with Crippen molar-refractivity contribution < 1.29 is 19.8 Å². The second-order valence-corrected chi connectivity index (χ2v) is 12.4. The van der Waals surface area contributed by atoms with Gasteiger partial charge >= 0.3 is 0 Å². The van der Waals surface area contributed by atoms with Crippen molar-refractivity contribution in [2.24, 2.45) is 29.6 Å². The lowest BCUT2D eigenvalue weighted by Gasteiger charge is -2.35. The zero-order valence-electron chi connectivity index (χ0n) is 21.4. The van der Waals surface area contributed by atoms with E-state index in [4.69, 9.17) is 10.2 Å². The molecule has 9 heteroatoms. The van der Waals surface area contributed by atoms with E-state index < -0.39 is 6.41 Å². The molecule has 2 N–H and O–H groups in total. The molecule has 3 saturated carbocycles. The van der Waals surface area contributed by atoms with E-state index in [1.165, 1.54) is 66.6 Å². The van der Waals surface area contributed by atoms with Gasteiger partial charge in [0.2, 0.25) is 18.2 Å². The first-order valence-electron chi connectivity index (χ1n) is 14.1. The lowest BCUT2D eigenvalue weighted by molar-refractivity contribution is -0.156. The molecule has 4 unspecified atom stereocenters. The van der Waals surface area contributed by atoms with Crippen molar-refractivity contribution >= 4 is 39.3 Å². The predicted molar refractivity (Wildman–Crippen MR) is 143 cm³/mol. The molecule has 2 aromatic rings. The molecule has 1 aromatic heterocycles. The molecule has 2 bridgehead atoms. The molecular formula is C28H38N4O4S. The third-order valence-electron chi connectivity index (χ3n) is 9.48. The van der Waals surface area contributed by atoms with Gasteiger partial charge in [-0.2, -0.15) is 4.37 Å². The molecule has 0 radical (unpaired) electrons. The number of benzene rings is 1. The number of imide groups is 1. The highest BCUT2D eigenvalue weighted by Crippen LogP contribution is 2.56. The maximum atomic E-state index is 12.6. The van der Waals surface area contributed by atoms with E-state index in [9.17, 15) is 9.59 Å². The number of likely N-dealkylation sites (tertiary alicyclic amines) is 1. The van der Waals surface area contributed by atoms with Crippen molar-refractivity contribution in [1.82, 2.24) is 14.2 Å². The maximum absolute atomic E-state index is 12.6. The summed E-state index contributed by atoms with van der Waals surface area (Å²) in [5.41, 5.74) is 0. The van der Waals surface area contributed by atoms with Crippen LogP contribution < -0.4 is 4.90 Å². The van der Waals surface area contributed by atoms with Crippen LogP contribution in [-0.2, 0) is 9.59 Å². The number of anilines is 1. The molecule has 37 heavy (non-hydrogen) atoms.